The summed E-state index contributed by atoms with van der Waals surface area (Å²) >= 11 is 0. The summed E-state index contributed by atoms with van der Waals surface area (Å²) in [4.78, 5) is 23.6. The fourth-order valence-corrected chi connectivity index (χ4v) is 3.81. The van der Waals surface area contributed by atoms with Crippen molar-refractivity contribution in [3.05, 3.63) is 11.6 Å². The standard InChI is InChI=1S/C29H54O4/c1-5-6-7-8-9-10-11-12-13-14-17-24-32-28(30)21-15-16-22-29(31)33-25-23-27(4)20-18-19-26(2)3/h19,27H,5-18,20-25H2,1-4H3. The monoisotopic (exact) mass is 466 g/mol. The first-order valence-electron chi connectivity index (χ1n) is 13.9. The second-order valence-corrected chi connectivity index (χ2v) is 9.94. The molecule has 4 heteroatoms. The van der Waals surface area contributed by atoms with Gasteiger partial charge >= 0.3 is 11.9 Å². The molecule has 0 saturated carbocycles. The van der Waals surface area contributed by atoms with Crippen molar-refractivity contribution in [1.82, 2.24) is 0 Å². The highest BCUT2D eigenvalue weighted by Crippen LogP contribution is 2.13. The second-order valence-electron chi connectivity index (χ2n) is 9.94. The molecule has 0 aliphatic carbocycles. The Balaban J connectivity index is 3.41. The van der Waals surface area contributed by atoms with Gasteiger partial charge in [-0.2, -0.15) is 0 Å². The van der Waals surface area contributed by atoms with E-state index in [0.29, 0.717) is 44.8 Å². The predicted octanol–water partition coefficient (Wildman–Crippen LogP) is 8.72. The fourth-order valence-electron chi connectivity index (χ4n) is 3.81. The van der Waals surface area contributed by atoms with E-state index in [-0.39, 0.29) is 11.9 Å². The number of carbonyl (C=O) groups excluding carboxylic acids is 2. The molecule has 4 nitrogen and oxygen atoms in total. The molecule has 0 rings (SSSR count). The van der Waals surface area contributed by atoms with E-state index >= 15 is 0 Å². The summed E-state index contributed by atoms with van der Waals surface area (Å²) in [5, 5.41) is 0. The maximum Gasteiger partial charge on any atom is 0.305 e. The van der Waals surface area contributed by atoms with Gasteiger partial charge in [-0.05, 0) is 58.3 Å². The third-order valence-electron chi connectivity index (χ3n) is 6.11. The summed E-state index contributed by atoms with van der Waals surface area (Å²) in [6.07, 6.45) is 21.7. The molecular weight excluding hydrogens is 412 g/mol. The number of hydrogen-bond donors (Lipinski definition) is 0. The van der Waals surface area contributed by atoms with Gasteiger partial charge in [0, 0.05) is 12.8 Å². The lowest BCUT2D eigenvalue weighted by atomic mass is 10.0. The SMILES string of the molecule is CCCCCCCCCCCCCOC(=O)CCCCC(=O)OCCC(C)CCC=C(C)C. The molecule has 0 aromatic heterocycles. The van der Waals surface area contributed by atoms with Gasteiger partial charge in [-0.25, -0.2) is 0 Å². The zero-order chi connectivity index (χ0) is 24.6. The highest BCUT2D eigenvalue weighted by atomic mass is 16.5. The quantitative estimate of drug-likeness (QED) is 0.0858. The molecule has 0 aliphatic rings. The Morgan fingerprint density at radius 2 is 1.15 bits per heavy atom. The maximum absolute atomic E-state index is 11.8. The van der Waals surface area contributed by atoms with E-state index in [1.165, 1.54) is 63.4 Å². The first-order chi connectivity index (χ1) is 16.0. The average molecular weight is 467 g/mol. The molecule has 0 aromatic rings. The third kappa shape index (κ3) is 25.1. The van der Waals surface area contributed by atoms with Crippen molar-refractivity contribution < 1.29 is 19.1 Å². The first kappa shape index (κ1) is 31.7. The molecule has 0 amide bonds. The van der Waals surface area contributed by atoms with Crippen LogP contribution in [0, 0.1) is 5.92 Å². The minimum atomic E-state index is -0.152. The van der Waals surface area contributed by atoms with Crippen LogP contribution in [-0.4, -0.2) is 25.2 Å². The molecule has 1 atom stereocenters. The van der Waals surface area contributed by atoms with Crippen LogP contribution >= 0.6 is 0 Å². The Morgan fingerprint density at radius 3 is 1.67 bits per heavy atom. The fraction of sp³-hybridized carbons (Fsp3) is 0.862. The maximum atomic E-state index is 11.8. The van der Waals surface area contributed by atoms with Crippen LogP contribution in [0.1, 0.15) is 143 Å². The van der Waals surface area contributed by atoms with Crippen molar-refractivity contribution >= 4 is 11.9 Å². The summed E-state index contributed by atoms with van der Waals surface area (Å²) in [5.74, 6) is 0.268. The van der Waals surface area contributed by atoms with Crippen molar-refractivity contribution in [3.8, 4) is 0 Å². The van der Waals surface area contributed by atoms with Gasteiger partial charge in [0.1, 0.15) is 0 Å². The number of esters is 2. The van der Waals surface area contributed by atoms with E-state index in [2.05, 4.69) is 33.8 Å². The van der Waals surface area contributed by atoms with E-state index in [9.17, 15) is 9.59 Å². The van der Waals surface area contributed by atoms with Crippen LogP contribution in [0.3, 0.4) is 0 Å². The molecule has 0 spiro atoms. The van der Waals surface area contributed by atoms with Crippen LogP contribution in [0.2, 0.25) is 0 Å². The number of allylic oxidation sites excluding steroid dienone is 2. The lowest BCUT2D eigenvalue weighted by molar-refractivity contribution is -0.146. The minimum Gasteiger partial charge on any atom is -0.466 e. The van der Waals surface area contributed by atoms with Crippen molar-refractivity contribution in [1.29, 1.82) is 0 Å². The van der Waals surface area contributed by atoms with E-state index in [0.717, 1.165) is 32.1 Å². The first-order valence-corrected chi connectivity index (χ1v) is 13.9. The average Bonchev–Trinajstić information content (AvgIpc) is 2.77. The smallest absolute Gasteiger partial charge is 0.305 e. The highest BCUT2D eigenvalue weighted by molar-refractivity contribution is 5.70. The van der Waals surface area contributed by atoms with Crippen LogP contribution in [-0.2, 0) is 19.1 Å². The lowest BCUT2D eigenvalue weighted by Gasteiger charge is -2.10. The molecule has 0 bridgehead atoms. The summed E-state index contributed by atoms with van der Waals surface area (Å²) in [7, 11) is 0. The number of carbonyl (C=O) groups is 2. The van der Waals surface area contributed by atoms with Crippen molar-refractivity contribution in [3.63, 3.8) is 0 Å². The molecule has 0 aliphatic heterocycles. The molecule has 33 heavy (non-hydrogen) atoms. The second kappa shape index (κ2) is 23.8. The molecule has 0 aromatic carbocycles. The van der Waals surface area contributed by atoms with Crippen LogP contribution in [0.5, 0.6) is 0 Å². The number of unbranched alkanes of at least 4 members (excludes halogenated alkanes) is 11. The predicted molar refractivity (Wildman–Crippen MR) is 139 cm³/mol. The summed E-state index contributed by atoms with van der Waals surface area (Å²) in [6, 6.07) is 0. The number of hydrogen-bond acceptors (Lipinski definition) is 4. The van der Waals surface area contributed by atoms with E-state index in [4.69, 9.17) is 9.47 Å². The van der Waals surface area contributed by atoms with Gasteiger partial charge in [0.15, 0.2) is 0 Å². The van der Waals surface area contributed by atoms with Crippen molar-refractivity contribution in [2.75, 3.05) is 13.2 Å². The minimum absolute atomic E-state index is 0.138. The van der Waals surface area contributed by atoms with Crippen molar-refractivity contribution in [2.24, 2.45) is 5.92 Å². The van der Waals surface area contributed by atoms with E-state index in [1.54, 1.807) is 0 Å². The molecule has 0 heterocycles. The van der Waals surface area contributed by atoms with Crippen LogP contribution < -0.4 is 0 Å². The number of rotatable bonds is 23. The van der Waals surface area contributed by atoms with Gasteiger partial charge in [0.25, 0.3) is 0 Å². The van der Waals surface area contributed by atoms with Gasteiger partial charge in [0.2, 0.25) is 0 Å². The molecule has 0 radical (unpaired) electrons. The summed E-state index contributed by atoms with van der Waals surface area (Å²) < 4.78 is 10.6. The normalized spacial score (nSPS) is 11.8. The Hall–Kier alpha value is -1.32. The van der Waals surface area contributed by atoms with Crippen LogP contribution in [0.25, 0.3) is 0 Å². The van der Waals surface area contributed by atoms with Gasteiger partial charge in [-0.3, -0.25) is 9.59 Å². The Kier molecular flexibility index (Phi) is 22.9. The molecule has 0 fully saturated rings. The largest absolute Gasteiger partial charge is 0.466 e. The summed E-state index contributed by atoms with van der Waals surface area (Å²) in [5.41, 5.74) is 1.35. The zero-order valence-electron chi connectivity index (χ0n) is 22.4. The Bertz CT molecular complexity index is 494. The third-order valence-corrected chi connectivity index (χ3v) is 6.11. The van der Waals surface area contributed by atoms with Gasteiger partial charge in [0.05, 0.1) is 13.2 Å². The lowest BCUT2D eigenvalue weighted by Crippen LogP contribution is -2.09. The Morgan fingerprint density at radius 1 is 0.667 bits per heavy atom. The molecular formula is C29H54O4. The van der Waals surface area contributed by atoms with Crippen LogP contribution in [0.15, 0.2) is 11.6 Å². The molecule has 194 valence electrons. The summed E-state index contributed by atoms with van der Waals surface area (Å²) in [6.45, 7) is 9.72. The van der Waals surface area contributed by atoms with Crippen molar-refractivity contribution in [2.45, 2.75) is 143 Å². The van der Waals surface area contributed by atoms with E-state index in [1.807, 2.05) is 0 Å². The zero-order valence-corrected chi connectivity index (χ0v) is 22.4. The van der Waals surface area contributed by atoms with E-state index < -0.39 is 0 Å². The molecule has 1 unspecified atom stereocenters. The molecule has 0 saturated heterocycles. The number of ether oxygens (including phenoxy) is 2. The van der Waals surface area contributed by atoms with Gasteiger partial charge in [-0.1, -0.05) is 89.7 Å². The van der Waals surface area contributed by atoms with Gasteiger partial charge < -0.3 is 9.47 Å². The van der Waals surface area contributed by atoms with Gasteiger partial charge in [-0.15, -0.1) is 0 Å². The highest BCUT2D eigenvalue weighted by Gasteiger charge is 2.08. The van der Waals surface area contributed by atoms with Crippen LogP contribution in [0.4, 0.5) is 0 Å². The molecule has 0 N–H and O–H groups in total. The Labute approximate surface area is 205 Å². The topological polar surface area (TPSA) is 52.6 Å².